The summed E-state index contributed by atoms with van der Waals surface area (Å²) in [6.07, 6.45) is 11.3. The van der Waals surface area contributed by atoms with Crippen LogP contribution in [0.15, 0.2) is 47.4 Å². The minimum Gasteiger partial charge on any atom is -0.507 e. The van der Waals surface area contributed by atoms with Crippen LogP contribution in [0.4, 0.5) is 0 Å². The van der Waals surface area contributed by atoms with Gasteiger partial charge in [-0.15, -0.1) is 0 Å². The van der Waals surface area contributed by atoms with E-state index in [1.165, 1.54) is 0 Å². The Bertz CT molecular complexity index is 1080. The average Bonchev–Trinajstić information content (AvgIpc) is 2.81. The highest BCUT2D eigenvalue weighted by Crippen LogP contribution is 2.36. The lowest BCUT2D eigenvalue weighted by molar-refractivity contribution is 0.390. The fourth-order valence-electron chi connectivity index (χ4n) is 4.73. The number of phenolic OH excluding ortho intramolecular Hbond substituents is 2. The van der Waals surface area contributed by atoms with E-state index in [0.717, 1.165) is 47.9 Å². The maximum Gasteiger partial charge on any atom is 0.128 e. The quantitative estimate of drug-likeness (QED) is 0.409. The van der Waals surface area contributed by atoms with Crippen molar-refractivity contribution in [3.8, 4) is 11.5 Å². The second-order valence-electron chi connectivity index (χ2n) is 11.9. The van der Waals surface area contributed by atoms with Gasteiger partial charge in [-0.25, -0.2) is 0 Å². The summed E-state index contributed by atoms with van der Waals surface area (Å²) >= 11 is 0. The highest BCUT2D eigenvalue weighted by Gasteiger charge is 2.25. The molecule has 192 valence electrons. The van der Waals surface area contributed by atoms with Crippen molar-refractivity contribution in [3.05, 3.63) is 70.8 Å². The van der Waals surface area contributed by atoms with Gasteiger partial charge >= 0.3 is 0 Å². The zero-order valence-electron chi connectivity index (χ0n) is 22.8. The molecular weight excluding hydrogens is 444 g/mol. The summed E-state index contributed by atoms with van der Waals surface area (Å²) < 4.78 is 0. The summed E-state index contributed by atoms with van der Waals surface area (Å²) in [5.74, 6) is 0.544. The van der Waals surface area contributed by atoms with Gasteiger partial charge in [-0.3, -0.25) is 9.98 Å². The number of hydrogen-bond acceptors (Lipinski definition) is 4. The Labute approximate surface area is 217 Å². The van der Waals surface area contributed by atoms with Crippen LogP contribution in [-0.2, 0) is 10.8 Å². The molecule has 2 atom stereocenters. The first kappa shape index (κ1) is 27.4. The minimum atomic E-state index is -0.197. The Morgan fingerprint density at radius 2 is 1.06 bits per heavy atom. The molecule has 2 unspecified atom stereocenters. The van der Waals surface area contributed by atoms with E-state index >= 15 is 0 Å². The Kier molecular flexibility index (Phi) is 8.28. The number of aromatic hydroxyl groups is 2. The molecule has 1 aliphatic rings. The molecule has 0 saturated heterocycles. The smallest absolute Gasteiger partial charge is 0.128 e. The van der Waals surface area contributed by atoms with E-state index in [0.29, 0.717) is 11.1 Å². The molecule has 0 aromatic heterocycles. The lowest BCUT2D eigenvalue weighted by Gasteiger charge is -2.26. The average molecular weight is 487 g/mol. The molecule has 0 bridgehead atoms. The molecule has 0 amide bonds. The SMILES string of the molecule is C=Cc1cc(C=NC2CCCCC2N=Cc2cc(C=C)cc(C(C)(C)C)c2O)c(O)c(C(C)(C)C)c1. The molecular formula is C32H42N2O2. The van der Waals surface area contributed by atoms with Crippen molar-refractivity contribution in [2.75, 3.05) is 0 Å². The van der Waals surface area contributed by atoms with E-state index in [9.17, 15) is 10.2 Å². The van der Waals surface area contributed by atoms with Crippen molar-refractivity contribution in [2.24, 2.45) is 9.98 Å². The van der Waals surface area contributed by atoms with E-state index in [2.05, 4.69) is 54.7 Å². The molecule has 2 aromatic rings. The Hall–Kier alpha value is -3.14. The predicted molar refractivity (Wildman–Crippen MR) is 155 cm³/mol. The van der Waals surface area contributed by atoms with Gasteiger partial charge in [0, 0.05) is 34.7 Å². The van der Waals surface area contributed by atoms with Gasteiger partial charge in [0.25, 0.3) is 0 Å². The van der Waals surface area contributed by atoms with Gasteiger partial charge in [-0.05, 0) is 59.1 Å². The summed E-state index contributed by atoms with van der Waals surface area (Å²) in [4.78, 5) is 9.82. The Morgan fingerprint density at radius 1 is 0.694 bits per heavy atom. The van der Waals surface area contributed by atoms with E-state index in [1.807, 2.05) is 24.3 Å². The second kappa shape index (κ2) is 10.9. The van der Waals surface area contributed by atoms with Gasteiger partial charge < -0.3 is 10.2 Å². The largest absolute Gasteiger partial charge is 0.507 e. The maximum absolute atomic E-state index is 11.0. The third-order valence-corrected chi connectivity index (χ3v) is 6.92. The van der Waals surface area contributed by atoms with Crippen molar-refractivity contribution in [1.29, 1.82) is 0 Å². The first-order valence-electron chi connectivity index (χ1n) is 12.9. The van der Waals surface area contributed by atoms with Gasteiger partial charge in [-0.1, -0.05) is 79.7 Å². The van der Waals surface area contributed by atoms with Crippen molar-refractivity contribution in [2.45, 2.75) is 90.1 Å². The van der Waals surface area contributed by atoms with Crippen molar-refractivity contribution >= 4 is 24.6 Å². The monoisotopic (exact) mass is 486 g/mol. The highest BCUT2D eigenvalue weighted by molar-refractivity contribution is 5.87. The third kappa shape index (κ3) is 6.34. The number of hydrogen-bond donors (Lipinski definition) is 2. The zero-order valence-corrected chi connectivity index (χ0v) is 22.8. The van der Waals surface area contributed by atoms with E-state index in [4.69, 9.17) is 9.98 Å². The summed E-state index contributed by atoms with van der Waals surface area (Å²) in [6.45, 7) is 20.3. The third-order valence-electron chi connectivity index (χ3n) is 6.92. The molecule has 4 heteroatoms. The van der Waals surface area contributed by atoms with Crippen molar-refractivity contribution in [3.63, 3.8) is 0 Å². The van der Waals surface area contributed by atoms with Gasteiger partial charge in [0.15, 0.2) is 0 Å². The molecule has 0 spiro atoms. The zero-order chi connectivity index (χ0) is 26.7. The lowest BCUT2D eigenvalue weighted by atomic mass is 9.84. The van der Waals surface area contributed by atoms with Crippen LogP contribution in [0.1, 0.15) is 101 Å². The molecule has 1 fully saturated rings. The molecule has 2 N–H and O–H groups in total. The van der Waals surface area contributed by atoms with Gasteiger partial charge in [0.1, 0.15) is 11.5 Å². The first-order valence-corrected chi connectivity index (χ1v) is 12.9. The standard InChI is InChI=1S/C32H42N2O2/c1-9-21-15-23(29(35)25(17-21)31(3,4)5)19-33-27-13-11-12-14-28(27)34-20-24-16-22(10-2)18-26(30(24)36)32(6,7)8/h9-10,15-20,27-28,35-36H,1-2,11-14H2,3-8H3. The molecule has 0 aliphatic heterocycles. The fraction of sp³-hybridized carbons (Fsp3) is 0.438. The Balaban J connectivity index is 1.93. The minimum absolute atomic E-state index is 0.0201. The number of phenols is 2. The topological polar surface area (TPSA) is 65.2 Å². The number of benzene rings is 2. The molecule has 4 nitrogen and oxygen atoms in total. The highest BCUT2D eigenvalue weighted by atomic mass is 16.3. The van der Waals surface area contributed by atoms with E-state index in [-0.39, 0.29) is 34.4 Å². The summed E-state index contributed by atoms with van der Waals surface area (Å²) in [7, 11) is 0. The van der Waals surface area contributed by atoms with Crippen LogP contribution in [0.25, 0.3) is 12.2 Å². The molecule has 2 aromatic carbocycles. The van der Waals surface area contributed by atoms with Crippen LogP contribution in [0, 0.1) is 0 Å². The second-order valence-corrected chi connectivity index (χ2v) is 11.9. The van der Waals surface area contributed by atoms with Crippen LogP contribution >= 0.6 is 0 Å². The first-order chi connectivity index (χ1) is 16.8. The molecule has 1 saturated carbocycles. The molecule has 36 heavy (non-hydrogen) atoms. The fourth-order valence-corrected chi connectivity index (χ4v) is 4.73. The molecule has 0 heterocycles. The van der Waals surface area contributed by atoms with Crippen LogP contribution in [0.3, 0.4) is 0 Å². The summed E-state index contributed by atoms with van der Waals surface area (Å²) in [6, 6.07) is 7.87. The van der Waals surface area contributed by atoms with Crippen LogP contribution in [0.5, 0.6) is 11.5 Å². The van der Waals surface area contributed by atoms with Crippen LogP contribution < -0.4 is 0 Å². The lowest BCUT2D eigenvalue weighted by Crippen LogP contribution is -2.27. The van der Waals surface area contributed by atoms with E-state index in [1.54, 1.807) is 24.6 Å². The predicted octanol–water partition coefficient (Wildman–Crippen LogP) is 7.83. The molecule has 3 rings (SSSR count). The number of rotatable bonds is 6. The molecule has 1 aliphatic carbocycles. The summed E-state index contributed by atoms with van der Waals surface area (Å²) in [5, 5.41) is 21.9. The maximum atomic E-state index is 11.0. The van der Waals surface area contributed by atoms with Crippen molar-refractivity contribution < 1.29 is 10.2 Å². The van der Waals surface area contributed by atoms with E-state index < -0.39 is 0 Å². The number of nitrogens with zero attached hydrogens (tertiary/aromatic N) is 2. The Morgan fingerprint density at radius 3 is 1.36 bits per heavy atom. The van der Waals surface area contributed by atoms with Gasteiger partial charge in [0.2, 0.25) is 0 Å². The van der Waals surface area contributed by atoms with Crippen LogP contribution in [-0.4, -0.2) is 34.7 Å². The summed E-state index contributed by atoms with van der Waals surface area (Å²) in [5.41, 5.74) is 4.70. The normalized spacial score (nSPS) is 19.2. The number of aliphatic imine (C=N–C) groups is 2. The molecule has 0 radical (unpaired) electrons. The van der Waals surface area contributed by atoms with Gasteiger partial charge in [0.05, 0.1) is 12.1 Å². The van der Waals surface area contributed by atoms with Crippen molar-refractivity contribution in [1.82, 2.24) is 0 Å². The van der Waals surface area contributed by atoms with Crippen LogP contribution in [0.2, 0.25) is 0 Å². The van der Waals surface area contributed by atoms with Gasteiger partial charge in [-0.2, -0.15) is 0 Å².